The van der Waals surface area contributed by atoms with Crippen molar-refractivity contribution >= 4 is 22.2 Å². The van der Waals surface area contributed by atoms with Crippen LogP contribution >= 0.6 is 0 Å². The van der Waals surface area contributed by atoms with Crippen LogP contribution in [0.5, 0.6) is 0 Å². The topological polar surface area (TPSA) is 107 Å². The van der Waals surface area contributed by atoms with E-state index in [4.69, 9.17) is 10.5 Å². The van der Waals surface area contributed by atoms with Crippen LogP contribution in [0.3, 0.4) is 0 Å². The Labute approximate surface area is 123 Å². The van der Waals surface area contributed by atoms with E-state index in [-0.39, 0.29) is 12.2 Å². The first-order chi connectivity index (χ1) is 9.71. The molecule has 0 aromatic heterocycles. The van der Waals surface area contributed by atoms with Crippen molar-refractivity contribution in [3.63, 3.8) is 0 Å². The van der Waals surface area contributed by atoms with Crippen LogP contribution in [0.4, 0.5) is 0 Å². The fourth-order valence-electron chi connectivity index (χ4n) is 1.46. The quantitative estimate of drug-likeness (QED) is 0.467. The highest BCUT2D eigenvalue weighted by Gasteiger charge is 2.23. The fraction of sp³-hybridized carbons (Fsp3) is 0.214. The van der Waals surface area contributed by atoms with E-state index in [2.05, 4.69) is 6.58 Å². The minimum Gasteiger partial charge on any atom is -0.460 e. The first-order valence-corrected chi connectivity index (χ1v) is 7.48. The van der Waals surface area contributed by atoms with Gasteiger partial charge in [-0.05, 0) is 18.6 Å². The molecule has 0 saturated carbocycles. The number of nitrogens with two attached hydrogens (primary N) is 1. The zero-order valence-electron chi connectivity index (χ0n) is 11.5. The monoisotopic (exact) mass is 311 g/mol. The molecule has 6 nitrogen and oxygen atoms in total. The Hall–Kier alpha value is -1.96. The molecule has 0 amide bonds. The van der Waals surface area contributed by atoms with Gasteiger partial charge in [0.2, 0.25) is 0 Å². The summed E-state index contributed by atoms with van der Waals surface area (Å²) in [4.78, 5) is 10.8. The van der Waals surface area contributed by atoms with Crippen LogP contribution in [0.15, 0.2) is 47.4 Å². The van der Waals surface area contributed by atoms with Crippen LogP contribution in [0.25, 0.3) is 6.08 Å². The van der Waals surface area contributed by atoms with Gasteiger partial charge in [0.1, 0.15) is 6.61 Å². The summed E-state index contributed by atoms with van der Waals surface area (Å²) >= 11 is 0. The molecule has 21 heavy (non-hydrogen) atoms. The summed E-state index contributed by atoms with van der Waals surface area (Å²) in [7, 11) is -4.51. The molecule has 1 unspecified atom stereocenters. The summed E-state index contributed by atoms with van der Waals surface area (Å²) < 4.78 is 36.9. The van der Waals surface area contributed by atoms with Crippen molar-refractivity contribution in [2.75, 3.05) is 6.61 Å². The molecule has 0 spiro atoms. The van der Waals surface area contributed by atoms with Gasteiger partial charge < -0.3 is 10.5 Å². The average Bonchev–Trinajstić information content (AvgIpc) is 2.41. The molecule has 1 rings (SSSR count). The Morgan fingerprint density at radius 2 is 2.00 bits per heavy atom. The standard InChI is InChI=1S/C14H17NO5S/c1-10(2)14(16)20-9-12(15)13(21(17,18)19)8-11-6-4-3-5-7-11/h3-8,12H,1,9,15H2,2H3,(H,17,18,19). The molecule has 0 aliphatic carbocycles. The molecule has 0 heterocycles. The summed E-state index contributed by atoms with van der Waals surface area (Å²) in [5, 5.41) is 0. The Morgan fingerprint density at radius 1 is 1.43 bits per heavy atom. The average molecular weight is 311 g/mol. The molecule has 7 heteroatoms. The van der Waals surface area contributed by atoms with E-state index in [0.29, 0.717) is 5.56 Å². The number of esters is 1. The molecule has 0 saturated heterocycles. The van der Waals surface area contributed by atoms with Crippen molar-refractivity contribution in [2.24, 2.45) is 5.73 Å². The number of benzene rings is 1. The molecule has 0 fully saturated rings. The molecule has 3 N–H and O–H groups in total. The first kappa shape index (κ1) is 17.1. The minimum absolute atomic E-state index is 0.169. The van der Waals surface area contributed by atoms with Crippen molar-refractivity contribution < 1.29 is 22.5 Å². The van der Waals surface area contributed by atoms with Crippen LogP contribution in [0.2, 0.25) is 0 Å². The molecule has 0 aliphatic heterocycles. The zero-order chi connectivity index (χ0) is 16.0. The molecule has 0 aliphatic rings. The summed E-state index contributed by atoms with van der Waals surface area (Å²) in [6, 6.07) is 7.30. The third-order valence-electron chi connectivity index (χ3n) is 2.51. The fourth-order valence-corrected chi connectivity index (χ4v) is 2.19. The maximum Gasteiger partial charge on any atom is 0.333 e. The molecule has 1 aromatic rings. The maximum absolute atomic E-state index is 11.4. The summed E-state index contributed by atoms with van der Waals surface area (Å²) in [5.74, 6) is -0.681. The van der Waals surface area contributed by atoms with Crippen LogP contribution < -0.4 is 5.73 Å². The van der Waals surface area contributed by atoms with Gasteiger partial charge in [0.05, 0.1) is 10.9 Å². The number of hydrogen-bond donors (Lipinski definition) is 2. The minimum atomic E-state index is -4.51. The van der Waals surface area contributed by atoms with Gasteiger partial charge >= 0.3 is 5.97 Å². The van der Waals surface area contributed by atoms with E-state index in [1.807, 2.05) is 0 Å². The summed E-state index contributed by atoms with van der Waals surface area (Å²) in [6.45, 7) is 4.47. The van der Waals surface area contributed by atoms with Crippen LogP contribution in [0, 0.1) is 0 Å². The lowest BCUT2D eigenvalue weighted by atomic mass is 10.2. The van der Waals surface area contributed by atoms with Crippen molar-refractivity contribution in [1.82, 2.24) is 0 Å². The van der Waals surface area contributed by atoms with Crippen molar-refractivity contribution in [1.29, 1.82) is 0 Å². The van der Waals surface area contributed by atoms with Crippen LogP contribution in [0.1, 0.15) is 12.5 Å². The number of ether oxygens (including phenoxy) is 1. The Bertz CT molecular complexity index is 649. The SMILES string of the molecule is C=C(C)C(=O)OCC(N)C(=Cc1ccccc1)S(=O)(=O)O. The third-order valence-corrected chi connectivity index (χ3v) is 3.53. The Balaban J connectivity index is 2.97. The van der Waals surface area contributed by atoms with Crippen LogP contribution in [-0.2, 0) is 19.6 Å². The van der Waals surface area contributed by atoms with Gasteiger partial charge in [-0.2, -0.15) is 8.42 Å². The van der Waals surface area contributed by atoms with Gasteiger partial charge in [0.25, 0.3) is 10.1 Å². The van der Waals surface area contributed by atoms with E-state index < -0.39 is 27.0 Å². The lowest BCUT2D eigenvalue weighted by Gasteiger charge is -2.14. The van der Waals surface area contributed by atoms with E-state index in [0.717, 1.165) is 0 Å². The predicted octanol–water partition coefficient (Wildman–Crippen LogP) is 1.36. The molecular weight excluding hydrogens is 294 g/mol. The Morgan fingerprint density at radius 3 is 2.48 bits per heavy atom. The van der Waals surface area contributed by atoms with Gasteiger partial charge in [-0.3, -0.25) is 4.55 Å². The normalized spacial score (nSPS) is 13.6. The van der Waals surface area contributed by atoms with Crippen LogP contribution in [-0.4, -0.2) is 31.6 Å². The summed E-state index contributed by atoms with van der Waals surface area (Å²) in [6.07, 6.45) is 1.23. The third kappa shape index (κ3) is 5.50. The number of carbonyl (C=O) groups is 1. The smallest absolute Gasteiger partial charge is 0.333 e. The highest BCUT2D eigenvalue weighted by atomic mass is 32.2. The molecular formula is C14H17NO5S. The molecule has 1 atom stereocenters. The highest BCUT2D eigenvalue weighted by molar-refractivity contribution is 7.90. The van der Waals surface area contributed by atoms with E-state index >= 15 is 0 Å². The van der Waals surface area contributed by atoms with Gasteiger partial charge in [0, 0.05) is 5.57 Å². The molecule has 0 bridgehead atoms. The van der Waals surface area contributed by atoms with E-state index in [1.165, 1.54) is 13.0 Å². The first-order valence-electron chi connectivity index (χ1n) is 6.04. The second-order valence-corrected chi connectivity index (χ2v) is 5.84. The molecule has 1 aromatic carbocycles. The molecule has 0 radical (unpaired) electrons. The highest BCUT2D eigenvalue weighted by Crippen LogP contribution is 2.15. The second-order valence-electron chi connectivity index (χ2n) is 4.42. The predicted molar refractivity (Wildman–Crippen MR) is 79.7 cm³/mol. The molecule has 114 valence electrons. The number of carbonyl (C=O) groups excluding carboxylic acids is 1. The Kier molecular flexibility index (Phi) is 5.83. The van der Waals surface area contributed by atoms with Gasteiger partial charge in [-0.15, -0.1) is 0 Å². The van der Waals surface area contributed by atoms with Crippen molar-refractivity contribution in [3.8, 4) is 0 Å². The van der Waals surface area contributed by atoms with Gasteiger partial charge in [-0.1, -0.05) is 36.9 Å². The lowest BCUT2D eigenvalue weighted by Crippen LogP contribution is -2.33. The summed E-state index contributed by atoms with van der Waals surface area (Å²) in [5.41, 5.74) is 6.40. The number of rotatable bonds is 6. The van der Waals surface area contributed by atoms with E-state index in [1.54, 1.807) is 30.3 Å². The number of hydrogen-bond acceptors (Lipinski definition) is 5. The van der Waals surface area contributed by atoms with Gasteiger partial charge in [0.15, 0.2) is 0 Å². The van der Waals surface area contributed by atoms with Crippen molar-refractivity contribution in [2.45, 2.75) is 13.0 Å². The van der Waals surface area contributed by atoms with Crippen molar-refractivity contribution in [3.05, 3.63) is 53.0 Å². The van der Waals surface area contributed by atoms with Gasteiger partial charge in [-0.25, -0.2) is 4.79 Å². The van der Waals surface area contributed by atoms with E-state index in [9.17, 15) is 17.8 Å². The largest absolute Gasteiger partial charge is 0.460 e. The lowest BCUT2D eigenvalue weighted by molar-refractivity contribution is -0.139. The zero-order valence-corrected chi connectivity index (χ0v) is 12.3. The second kappa shape index (κ2) is 7.16. The maximum atomic E-state index is 11.4.